The van der Waals surface area contributed by atoms with Crippen LogP contribution in [0.4, 0.5) is 22.0 Å². The number of aryl methyl sites for hydroxylation is 1. The maximum atomic E-state index is 13.8. The van der Waals surface area contributed by atoms with E-state index in [9.17, 15) is 26.7 Å². The lowest BCUT2D eigenvalue weighted by atomic mass is 10.0. The Morgan fingerprint density at radius 3 is 1.93 bits per heavy atom. The fourth-order valence-electron chi connectivity index (χ4n) is 2.99. The summed E-state index contributed by atoms with van der Waals surface area (Å²) in [5.41, 5.74) is -0.255. The van der Waals surface area contributed by atoms with Crippen molar-refractivity contribution in [2.45, 2.75) is 25.9 Å². The van der Waals surface area contributed by atoms with Crippen LogP contribution in [-0.2, 0) is 12.6 Å². The summed E-state index contributed by atoms with van der Waals surface area (Å²) in [7, 11) is 0. The standard InChI is InChI=1S/C23H17F5O2/c1-2-3-14-4-6-16(7-5-14)22(29)30-18-10-8-15(9-11-18)17-12-19(24)21(20(25)13-17)23(26,27)28/h4-13H,2-3H2,1H3. The minimum atomic E-state index is -5.13. The Kier molecular flexibility index (Phi) is 6.20. The van der Waals surface area contributed by atoms with Gasteiger partial charge in [0.2, 0.25) is 0 Å². The smallest absolute Gasteiger partial charge is 0.422 e. The Morgan fingerprint density at radius 1 is 0.867 bits per heavy atom. The molecule has 0 aliphatic heterocycles. The first-order chi connectivity index (χ1) is 14.2. The number of hydrogen-bond acceptors (Lipinski definition) is 2. The predicted octanol–water partition coefficient (Wildman–Crippen LogP) is 6.82. The van der Waals surface area contributed by atoms with Gasteiger partial charge in [-0.2, -0.15) is 13.2 Å². The molecule has 0 saturated carbocycles. The van der Waals surface area contributed by atoms with Crippen LogP contribution in [0.1, 0.15) is 34.8 Å². The zero-order chi connectivity index (χ0) is 21.9. The Morgan fingerprint density at radius 2 is 1.43 bits per heavy atom. The van der Waals surface area contributed by atoms with E-state index < -0.39 is 29.3 Å². The number of alkyl halides is 3. The Labute approximate surface area is 169 Å². The third-order valence-electron chi connectivity index (χ3n) is 4.45. The summed E-state index contributed by atoms with van der Waals surface area (Å²) in [6.07, 6.45) is -3.23. The van der Waals surface area contributed by atoms with Crippen LogP contribution in [0, 0.1) is 11.6 Å². The van der Waals surface area contributed by atoms with Gasteiger partial charge in [0.15, 0.2) is 0 Å². The first-order valence-electron chi connectivity index (χ1n) is 9.17. The third-order valence-corrected chi connectivity index (χ3v) is 4.45. The number of ether oxygens (including phenoxy) is 1. The summed E-state index contributed by atoms with van der Waals surface area (Å²) in [6, 6.07) is 13.8. The zero-order valence-electron chi connectivity index (χ0n) is 15.9. The zero-order valence-corrected chi connectivity index (χ0v) is 15.9. The molecule has 3 aromatic rings. The number of carbonyl (C=O) groups excluding carboxylic acids is 1. The second-order valence-electron chi connectivity index (χ2n) is 6.67. The molecule has 156 valence electrons. The molecule has 0 heterocycles. The van der Waals surface area contributed by atoms with Gasteiger partial charge in [-0.25, -0.2) is 13.6 Å². The fraction of sp³-hybridized carbons (Fsp3) is 0.174. The number of rotatable bonds is 5. The van der Waals surface area contributed by atoms with Crippen molar-refractivity contribution in [3.05, 3.63) is 89.0 Å². The highest BCUT2D eigenvalue weighted by Crippen LogP contribution is 2.36. The van der Waals surface area contributed by atoms with E-state index in [-0.39, 0.29) is 16.9 Å². The number of halogens is 5. The van der Waals surface area contributed by atoms with Crippen LogP contribution < -0.4 is 4.74 Å². The molecule has 0 aliphatic rings. The normalized spacial score (nSPS) is 11.4. The number of carbonyl (C=O) groups is 1. The quantitative estimate of drug-likeness (QED) is 0.257. The van der Waals surface area contributed by atoms with Crippen LogP contribution in [0.2, 0.25) is 0 Å². The Balaban J connectivity index is 1.76. The van der Waals surface area contributed by atoms with Crippen molar-refractivity contribution in [1.29, 1.82) is 0 Å². The van der Waals surface area contributed by atoms with Gasteiger partial charge in [-0.1, -0.05) is 37.6 Å². The molecule has 0 atom stereocenters. The molecule has 0 aliphatic carbocycles. The second-order valence-corrected chi connectivity index (χ2v) is 6.67. The van der Waals surface area contributed by atoms with Crippen LogP contribution in [-0.4, -0.2) is 5.97 Å². The van der Waals surface area contributed by atoms with E-state index in [1.165, 1.54) is 24.3 Å². The van der Waals surface area contributed by atoms with Gasteiger partial charge in [-0.15, -0.1) is 0 Å². The molecule has 0 spiro atoms. The second kappa shape index (κ2) is 8.65. The highest BCUT2D eigenvalue weighted by Gasteiger charge is 2.37. The fourth-order valence-corrected chi connectivity index (χ4v) is 2.99. The van der Waals surface area contributed by atoms with E-state index in [1.807, 2.05) is 12.1 Å². The molecule has 0 radical (unpaired) electrons. The van der Waals surface area contributed by atoms with Gasteiger partial charge in [0.1, 0.15) is 22.9 Å². The first-order valence-corrected chi connectivity index (χ1v) is 9.17. The highest BCUT2D eigenvalue weighted by molar-refractivity contribution is 5.91. The first kappa shape index (κ1) is 21.5. The molecule has 0 saturated heterocycles. The maximum absolute atomic E-state index is 13.8. The van der Waals surface area contributed by atoms with Crippen molar-refractivity contribution >= 4 is 5.97 Å². The Hall–Kier alpha value is -3.22. The summed E-state index contributed by atoms with van der Waals surface area (Å²) in [5, 5.41) is 0. The molecular weight excluding hydrogens is 403 g/mol. The molecule has 2 nitrogen and oxygen atoms in total. The molecule has 0 bridgehead atoms. The van der Waals surface area contributed by atoms with Crippen molar-refractivity contribution in [2.24, 2.45) is 0 Å². The monoisotopic (exact) mass is 420 g/mol. The molecule has 0 aromatic heterocycles. The van der Waals surface area contributed by atoms with E-state index in [1.54, 1.807) is 12.1 Å². The molecule has 0 unspecified atom stereocenters. The summed E-state index contributed by atoms with van der Waals surface area (Å²) in [5.74, 6) is -3.77. The van der Waals surface area contributed by atoms with Gasteiger partial charge in [-0.05, 0) is 59.5 Å². The maximum Gasteiger partial charge on any atom is 0.422 e. The average Bonchev–Trinajstić information content (AvgIpc) is 2.67. The average molecular weight is 420 g/mol. The lowest BCUT2D eigenvalue weighted by Crippen LogP contribution is -2.11. The minimum absolute atomic E-state index is 0.0672. The van der Waals surface area contributed by atoms with Gasteiger partial charge in [0.25, 0.3) is 0 Å². The molecule has 30 heavy (non-hydrogen) atoms. The van der Waals surface area contributed by atoms with Gasteiger partial charge in [-0.3, -0.25) is 0 Å². The third kappa shape index (κ3) is 4.84. The SMILES string of the molecule is CCCc1ccc(C(=O)Oc2ccc(-c3cc(F)c(C(F)(F)F)c(F)c3)cc2)cc1. The van der Waals surface area contributed by atoms with Crippen LogP contribution in [0.25, 0.3) is 11.1 Å². The Bertz CT molecular complexity index is 1020. The van der Waals surface area contributed by atoms with Crippen molar-refractivity contribution in [1.82, 2.24) is 0 Å². The van der Waals surface area contributed by atoms with Crippen molar-refractivity contribution in [3.8, 4) is 16.9 Å². The van der Waals surface area contributed by atoms with Crippen molar-refractivity contribution < 1.29 is 31.5 Å². The number of esters is 1. The van der Waals surface area contributed by atoms with Gasteiger partial charge >= 0.3 is 12.1 Å². The van der Waals surface area contributed by atoms with E-state index in [0.29, 0.717) is 17.7 Å². The van der Waals surface area contributed by atoms with Crippen LogP contribution in [0.15, 0.2) is 60.7 Å². The predicted molar refractivity (Wildman–Crippen MR) is 102 cm³/mol. The summed E-state index contributed by atoms with van der Waals surface area (Å²) < 4.78 is 70.9. The van der Waals surface area contributed by atoms with Crippen LogP contribution >= 0.6 is 0 Å². The summed E-state index contributed by atoms with van der Waals surface area (Å²) in [4.78, 5) is 12.2. The summed E-state index contributed by atoms with van der Waals surface area (Å²) >= 11 is 0. The minimum Gasteiger partial charge on any atom is -0.423 e. The van der Waals surface area contributed by atoms with E-state index in [4.69, 9.17) is 4.74 Å². The molecule has 3 aromatic carbocycles. The molecule has 0 fully saturated rings. The van der Waals surface area contributed by atoms with E-state index in [0.717, 1.165) is 18.4 Å². The lowest BCUT2D eigenvalue weighted by Gasteiger charge is -2.11. The molecule has 0 amide bonds. The van der Waals surface area contributed by atoms with E-state index >= 15 is 0 Å². The van der Waals surface area contributed by atoms with Crippen LogP contribution in [0.5, 0.6) is 5.75 Å². The van der Waals surface area contributed by atoms with Crippen LogP contribution in [0.3, 0.4) is 0 Å². The van der Waals surface area contributed by atoms with Crippen molar-refractivity contribution in [2.75, 3.05) is 0 Å². The number of benzene rings is 3. The van der Waals surface area contributed by atoms with Gasteiger partial charge in [0.05, 0.1) is 5.56 Å². The topological polar surface area (TPSA) is 26.3 Å². The molecule has 7 heteroatoms. The van der Waals surface area contributed by atoms with Crippen molar-refractivity contribution in [3.63, 3.8) is 0 Å². The van der Waals surface area contributed by atoms with Gasteiger partial charge in [0, 0.05) is 0 Å². The largest absolute Gasteiger partial charge is 0.423 e. The summed E-state index contributed by atoms with van der Waals surface area (Å²) in [6.45, 7) is 2.05. The van der Waals surface area contributed by atoms with E-state index in [2.05, 4.69) is 6.92 Å². The molecule has 0 N–H and O–H groups in total. The number of hydrogen-bond donors (Lipinski definition) is 0. The molecule has 3 rings (SSSR count). The van der Waals surface area contributed by atoms with Gasteiger partial charge < -0.3 is 4.74 Å². The highest BCUT2D eigenvalue weighted by atomic mass is 19.4. The molecular formula is C23H17F5O2. The lowest BCUT2D eigenvalue weighted by molar-refractivity contribution is -0.142.